The molecule has 0 fully saturated rings. The fourth-order valence-electron chi connectivity index (χ4n) is 0.762. The van der Waals surface area contributed by atoms with Gasteiger partial charge in [-0.25, -0.2) is 0 Å². The van der Waals surface area contributed by atoms with E-state index in [1.165, 1.54) is 0 Å². The summed E-state index contributed by atoms with van der Waals surface area (Å²) < 4.78 is 0. The van der Waals surface area contributed by atoms with Crippen LogP contribution in [0.15, 0.2) is 36.5 Å². The Morgan fingerprint density at radius 2 is 2.00 bits per heavy atom. The second kappa shape index (κ2) is 3.83. The highest BCUT2D eigenvalue weighted by Gasteiger charge is 1.90. The van der Waals surface area contributed by atoms with Crippen molar-refractivity contribution in [3.63, 3.8) is 0 Å². The Bertz CT molecular complexity index is 197. The minimum atomic E-state index is 0.169. The molecule has 0 heterocycles. The number of carbonyl (C=O) groups is 1. The Hall–Kier alpha value is -1.11. The number of rotatable bonds is 0. The molecule has 0 unspecified atom stereocenters. The van der Waals surface area contributed by atoms with E-state index in [-0.39, 0.29) is 5.78 Å². The third kappa shape index (κ3) is 2.44. The predicted molar refractivity (Wildman–Crippen MR) is 41.7 cm³/mol. The molecular formula is C9H10O. The fourth-order valence-corrected chi connectivity index (χ4v) is 0.762. The van der Waals surface area contributed by atoms with Crippen molar-refractivity contribution in [2.24, 2.45) is 0 Å². The third-order valence-electron chi connectivity index (χ3n) is 1.29. The van der Waals surface area contributed by atoms with Crippen LogP contribution in [0, 0.1) is 0 Å². The molecule has 1 heteroatoms. The molecule has 10 heavy (non-hydrogen) atoms. The van der Waals surface area contributed by atoms with Gasteiger partial charge in [0.15, 0.2) is 5.78 Å². The zero-order valence-corrected chi connectivity index (χ0v) is 5.79. The maximum absolute atomic E-state index is 10.8. The minimum Gasteiger partial charge on any atom is -0.295 e. The molecule has 1 aliphatic carbocycles. The lowest BCUT2D eigenvalue weighted by Crippen LogP contribution is -1.86. The summed E-state index contributed by atoms with van der Waals surface area (Å²) in [6.07, 6.45) is 12.7. The van der Waals surface area contributed by atoms with Crippen LogP contribution in [-0.4, -0.2) is 5.78 Å². The van der Waals surface area contributed by atoms with Gasteiger partial charge in [-0.05, 0) is 12.5 Å². The fraction of sp³-hybridized carbons (Fsp3) is 0.222. The quantitative estimate of drug-likeness (QED) is 0.463. The van der Waals surface area contributed by atoms with Crippen LogP contribution in [0.1, 0.15) is 12.8 Å². The molecule has 0 aromatic rings. The summed E-state index contributed by atoms with van der Waals surface area (Å²) in [5, 5.41) is 0. The first kappa shape index (κ1) is 7.00. The average molecular weight is 134 g/mol. The summed E-state index contributed by atoms with van der Waals surface area (Å²) in [7, 11) is 0. The zero-order chi connectivity index (χ0) is 7.23. The molecule has 0 bridgehead atoms. The van der Waals surface area contributed by atoms with Gasteiger partial charge in [-0.15, -0.1) is 0 Å². The van der Waals surface area contributed by atoms with E-state index in [9.17, 15) is 4.79 Å². The van der Waals surface area contributed by atoms with Crippen LogP contribution in [0.2, 0.25) is 0 Å². The molecule has 1 aliphatic rings. The smallest absolute Gasteiger partial charge is 0.159 e. The van der Waals surface area contributed by atoms with Crippen LogP contribution in [-0.2, 0) is 4.79 Å². The molecule has 0 N–H and O–H groups in total. The third-order valence-corrected chi connectivity index (χ3v) is 1.29. The van der Waals surface area contributed by atoms with E-state index in [1.807, 2.05) is 24.3 Å². The van der Waals surface area contributed by atoms with E-state index in [1.54, 1.807) is 12.2 Å². The van der Waals surface area contributed by atoms with Gasteiger partial charge < -0.3 is 0 Å². The summed E-state index contributed by atoms with van der Waals surface area (Å²) in [4.78, 5) is 10.8. The Morgan fingerprint density at radius 3 is 2.90 bits per heavy atom. The van der Waals surface area contributed by atoms with E-state index in [0.29, 0.717) is 6.42 Å². The molecular weight excluding hydrogens is 124 g/mol. The van der Waals surface area contributed by atoms with Gasteiger partial charge in [0, 0.05) is 6.42 Å². The van der Waals surface area contributed by atoms with Gasteiger partial charge in [0.1, 0.15) is 0 Å². The lowest BCUT2D eigenvalue weighted by molar-refractivity contribution is -0.113. The molecule has 0 aromatic carbocycles. The van der Waals surface area contributed by atoms with Gasteiger partial charge in [0.05, 0.1) is 0 Å². The van der Waals surface area contributed by atoms with Crippen molar-refractivity contribution in [2.45, 2.75) is 12.8 Å². The van der Waals surface area contributed by atoms with Gasteiger partial charge in [0.2, 0.25) is 0 Å². The molecule has 52 valence electrons. The normalized spacial score (nSPS) is 27.8. The average Bonchev–Trinajstić information content (AvgIpc) is 2.02. The molecule has 1 rings (SSSR count). The molecule has 0 saturated heterocycles. The topological polar surface area (TPSA) is 17.1 Å². The lowest BCUT2D eigenvalue weighted by atomic mass is 10.2. The number of hydrogen-bond donors (Lipinski definition) is 0. The Morgan fingerprint density at radius 1 is 1.10 bits per heavy atom. The molecule has 0 atom stereocenters. The standard InChI is InChI=1S/C9H10O/c10-9-7-5-3-1-2-4-6-8-9/h1,3-7H,2,8H2/b3-1-,6-4-,7-5+. The maximum atomic E-state index is 10.8. The maximum Gasteiger partial charge on any atom is 0.159 e. The van der Waals surface area contributed by atoms with Crippen molar-refractivity contribution >= 4 is 5.78 Å². The Kier molecular flexibility index (Phi) is 2.68. The van der Waals surface area contributed by atoms with Crippen LogP contribution in [0.3, 0.4) is 0 Å². The number of allylic oxidation sites excluding steroid dienone is 6. The van der Waals surface area contributed by atoms with Crippen molar-refractivity contribution in [3.8, 4) is 0 Å². The summed E-state index contributed by atoms with van der Waals surface area (Å²) in [5.41, 5.74) is 0. The van der Waals surface area contributed by atoms with E-state index in [2.05, 4.69) is 0 Å². The van der Waals surface area contributed by atoms with E-state index >= 15 is 0 Å². The minimum absolute atomic E-state index is 0.169. The van der Waals surface area contributed by atoms with Crippen LogP contribution in [0.25, 0.3) is 0 Å². The lowest BCUT2D eigenvalue weighted by Gasteiger charge is -1.82. The van der Waals surface area contributed by atoms with E-state index in [0.717, 1.165) is 6.42 Å². The molecule has 0 radical (unpaired) electrons. The molecule has 0 saturated carbocycles. The van der Waals surface area contributed by atoms with Gasteiger partial charge in [-0.1, -0.05) is 30.4 Å². The SMILES string of the molecule is O=C1/C=C/C=C\C/C=C\C1. The molecule has 0 amide bonds. The first-order chi connectivity index (χ1) is 4.89. The summed E-state index contributed by atoms with van der Waals surface area (Å²) in [5.74, 6) is 0.169. The molecule has 1 nitrogen and oxygen atoms in total. The van der Waals surface area contributed by atoms with Crippen LogP contribution >= 0.6 is 0 Å². The van der Waals surface area contributed by atoms with Gasteiger partial charge in [-0.2, -0.15) is 0 Å². The highest BCUT2D eigenvalue weighted by atomic mass is 16.1. The van der Waals surface area contributed by atoms with Crippen molar-refractivity contribution in [1.29, 1.82) is 0 Å². The van der Waals surface area contributed by atoms with Gasteiger partial charge in [-0.3, -0.25) is 4.79 Å². The van der Waals surface area contributed by atoms with Crippen LogP contribution in [0.5, 0.6) is 0 Å². The molecule has 0 aromatic heterocycles. The Balaban J connectivity index is 2.62. The highest BCUT2D eigenvalue weighted by molar-refractivity contribution is 5.90. The molecule has 0 spiro atoms. The summed E-state index contributed by atoms with van der Waals surface area (Å²) >= 11 is 0. The second-order valence-electron chi connectivity index (χ2n) is 2.16. The van der Waals surface area contributed by atoms with Crippen molar-refractivity contribution in [3.05, 3.63) is 36.5 Å². The second-order valence-corrected chi connectivity index (χ2v) is 2.16. The van der Waals surface area contributed by atoms with Crippen molar-refractivity contribution < 1.29 is 4.79 Å². The van der Waals surface area contributed by atoms with E-state index < -0.39 is 0 Å². The van der Waals surface area contributed by atoms with Crippen molar-refractivity contribution in [1.82, 2.24) is 0 Å². The van der Waals surface area contributed by atoms with E-state index in [4.69, 9.17) is 0 Å². The van der Waals surface area contributed by atoms with Crippen molar-refractivity contribution in [2.75, 3.05) is 0 Å². The Labute approximate surface area is 60.7 Å². The number of carbonyl (C=O) groups excluding carboxylic acids is 1. The van der Waals surface area contributed by atoms with Gasteiger partial charge in [0.25, 0.3) is 0 Å². The van der Waals surface area contributed by atoms with Gasteiger partial charge >= 0.3 is 0 Å². The first-order valence-corrected chi connectivity index (χ1v) is 3.40. The molecule has 0 aliphatic heterocycles. The number of ketones is 1. The highest BCUT2D eigenvalue weighted by Crippen LogP contribution is 1.95. The monoisotopic (exact) mass is 134 g/mol. The summed E-state index contributed by atoms with van der Waals surface area (Å²) in [6.45, 7) is 0. The predicted octanol–water partition coefficient (Wildman–Crippen LogP) is 2.02. The zero-order valence-electron chi connectivity index (χ0n) is 5.79. The first-order valence-electron chi connectivity index (χ1n) is 3.40. The van der Waals surface area contributed by atoms with Crippen LogP contribution < -0.4 is 0 Å². The van der Waals surface area contributed by atoms with Crippen LogP contribution in [0.4, 0.5) is 0 Å². The summed E-state index contributed by atoms with van der Waals surface area (Å²) in [6, 6.07) is 0. The number of hydrogen-bond acceptors (Lipinski definition) is 1. The largest absolute Gasteiger partial charge is 0.295 e.